The van der Waals surface area contributed by atoms with Crippen LogP contribution in [0.3, 0.4) is 0 Å². The molecule has 3 amide bonds. The molecule has 1 saturated heterocycles. The molecule has 1 fully saturated rings. The largest absolute Gasteiger partial charge is 0.394 e. The molecule has 2 heterocycles. The molecule has 0 unspecified atom stereocenters. The van der Waals surface area contributed by atoms with Gasteiger partial charge in [0, 0.05) is 13.0 Å². The minimum atomic E-state index is -0.843. The number of aliphatic hydroxyl groups excluding tert-OH is 1. The van der Waals surface area contributed by atoms with E-state index in [1.807, 2.05) is 57.2 Å². The summed E-state index contributed by atoms with van der Waals surface area (Å²) in [6.07, 6.45) is 5.34. The lowest BCUT2D eigenvalue weighted by Gasteiger charge is -2.36. The third kappa shape index (κ3) is 4.38. The van der Waals surface area contributed by atoms with Crippen molar-refractivity contribution in [3.63, 3.8) is 0 Å². The molecule has 3 N–H and O–H groups in total. The zero-order chi connectivity index (χ0) is 26.0. The average Bonchev–Trinajstić information content (AvgIpc) is 3.45. The molecule has 1 aromatic carbocycles. The lowest BCUT2D eigenvalue weighted by atomic mass is 9.69. The van der Waals surface area contributed by atoms with Crippen molar-refractivity contribution in [1.29, 1.82) is 0 Å². The van der Waals surface area contributed by atoms with Crippen LogP contribution in [0.15, 0.2) is 36.4 Å². The van der Waals surface area contributed by atoms with Crippen molar-refractivity contribution in [2.45, 2.75) is 52.4 Å². The van der Waals surface area contributed by atoms with Gasteiger partial charge in [0.05, 0.1) is 30.0 Å². The third-order valence-electron chi connectivity index (χ3n) is 8.00. The predicted octanol–water partition coefficient (Wildman–Crippen LogP) is 1.31. The molecule has 2 aromatic rings. The maximum atomic E-state index is 14.0. The maximum absolute atomic E-state index is 14.0. The summed E-state index contributed by atoms with van der Waals surface area (Å²) in [5, 5.41) is 24.2. The Bertz CT molecular complexity index is 1150. The second-order valence-corrected chi connectivity index (χ2v) is 9.80. The molecule has 1 aliphatic heterocycles. The Morgan fingerprint density at radius 1 is 1.17 bits per heavy atom. The van der Waals surface area contributed by atoms with Crippen LogP contribution in [0.1, 0.15) is 33.6 Å². The Morgan fingerprint density at radius 3 is 2.58 bits per heavy atom. The monoisotopic (exact) mass is 496 g/mol. The molecule has 194 valence electrons. The summed E-state index contributed by atoms with van der Waals surface area (Å²) in [6.45, 7) is 5.77. The number of para-hydroxylation sites is 1. The molecular weight excluding hydrogens is 460 g/mol. The molecule has 0 bridgehead atoms. The topological polar surface area (TPSA) is 129 Å². The molecule has 7 atom stereocenters. The first-order chi connectivity index (χ1) is 17.4. The van der Waals surface area contributed by atoms with Crippen molar-refractivity contribution in [1.82, 2.24) is 30.5 Å². The normalized spacial score (nSPS) is 27.1. The van der Waals surface area contributed by atoms with Gasteiger partial charge >= 0.3 is 0 Å². The number of fused-ring (bicyclic) bond motifs is 2. The van der Waals surface area contributed by atoms with E-state index in [0.29, 0.717) is 6.42 Å². The van der Waals surface area contributed by atoms with Gasteiger partial charge in [0.1, 0.15) is 18.2 Å². The molecule has 0 saturated carbocycles. The predicted molar refractivity (Wildman–Crippen MR) is 134 cm³/mol. The molecule has 1 aliphatic carbocycles. The number of hydrogen-bond donors (Lipinski definition) is 3. The second-order valence-electron chi connectivity index (χ2n) is 9.80. The van der Waals surface area contributed by atoms with Crippen molar-refractivity contribution >= 4 is 28.8 Å². The highest BCUT2D eigenvalue weighted by Gasteiger charge is 2.58. The van der Waals surface area contributed by atoms with Crippen LogP contribution in [0.2, 0.25) is 0 Å². The Labute approximate surface area is 211 Å². The molecule has 0 spiro atoms. The molecule has 0 radical (unpaired) electrons. The van der Waals surface area contributed by atoms with Gasteiger partial charge in [-0.25, -0.2) is 4.68 Å². The molecular formula is C26H36N6O4. The summed E-state index contributed by atoms with van der Waals surface area (Å²) in [7, 11) is 1.57. The van der Waals surface area contributed by atoms with Crippen LogP contribution in [-0.2, 0) is 21.1 Å². The fourth-order valence-corrected chi connectivity index (χ4v) is 5.82. The van der Waals surface area contributed by atoms with Crippen LogP contribution in [0.4, 0.5) is 0 Å². The number of carbonyl (C=O) groups is 3. The minimum Gasteiger partial charge on any atom is -0.394 e. The number of aliphatic hydroxyl groups is 1. The van der Waals surface area contributed by atoms with E-state index in [-0.39, 0.29) is 42.8 Å². The van der Waals surface area contributed by atoms with E-state index in [0.717, 1.165) is 17.5 Å². The van der Waals surface area contributed by atoms with Gasteiger partial charge in [0.15, 0.2) is 0 Å². The molecule has 2 aliphatic rings. The van der Waals surface area contributed by atoms with Crippen molar-refractivity contribution in [3.8, 4) is 0 Å². The number of nitrogens with zero attached hydrogens (tertiary/aromatic N) is 4. The van der Waals surface area contributed by atoms with Gasteiger partial charge in [0.25, 0.3) is 0 Å². The Morgan fingerprint density at radius 2 is 1.92 bits per heavy atom. The molecule has 1 aromatic heterocycles. The highest BCUT2D eigenvalue weighted by molar-refractivity contribution is 5.97. The van der Waals surface area contributed by atoms with Gasteiger partial charge in [-0.15, -0.1) is 5.10 Å². The standard InChI is InChI=1S/C26H36N6O4/c1-5-15(3)20(13-33)32-23(25(35)28-14-31-19-10-8-7-9-18(19)29-30-31)17-12-11-16(6-2)21(24(34)27-4)22(17)26(32)36/h7-12,15-17,20-23,33H,5-6,13-14H2,1-4H3,(H,27,34)(H,28,35)/t15-,16+,17-,20-,21+,22+,23-/m0/s1. The average molecular weight is 497 g/mol. The van der Waals surface area contributed by atoms with Crippen molar-refractivity contribution < 1.29 is 19.5 Å². The number of amides is 3. The SMILES string of the molecule is CC[C@H](C)[C@H](CO)N1C(=O)[C@@H]2[C@H](C=C[C@@H](CC)[C@H]2C(=O)NC)[C@H]1C(=O)NCn1nnc2ccccc21. The second kappa shape index (κ2) is 10.8. The van der Waals surface area contributed by atoms with E-state index >= 15 is 0 Å². The summed E-state index contributed by atoms with van der Waals surface area (Å²) >= 11 is 0. The van der Waals surface area contributed by atoms with Crippen molar-refractivity contribution in [3.05, 3.63) is 36.4 Å². The number of aromatic nitrogens is 3. The minimum absolute atomic E-state index is 0.0296. The first-order valence-electron chi connectivity index (χ1n) is 12.8. The Kier molecular flexibility index (Phi) is 7.73. The summed E-state index contributed by atoms with van der Waals surface area (Å²) in [4.78, 5) is 42.2. The smallest absolute Gasteiger partial charge is 0.244 e. The van der Waals surface area contributed by atoms with Crippen LogP contribution in [0.5, 0.6) is 0 Å². The number of hydrogen-bond acceptors (Lipinski definition) is 6. The van der Waals surface area contributed by atoms with Crippen LogP contribution in [-0.4, -0.2) is 68.5 Å². The van der Waals surface area contributed by atoms with Crippen LogP contribution < -0.4 is 10.6 Å². The van der Waals surface area contributed by atoms with Crippen LogP contribution in [0, 0.1) is 29.6 Å². The highest BCUT2D eigenvalue weighted by atomic mass is 16.3. The Balaban J connectivity index is 1.69. The summed E-state index contributed by atoms with van der Waals surface area (Å²) in [5.74, 6) is -2.63. The fraction of sp³-hybridized carbons (Fsp3) is 0.577. The van der Waals surface area contributed by atoms with Gasteiger partial charge in [-0.05, 0) is 30.4 Å². The highest BCUT2D eigenvalue weighted by Crippen LogP contribution is 2.46. The quantitative estimate of drug-likeness (QED) is 0.449. The summed E-state index contributed by atoms with van der Waals surface area (Å²) in [5.41, 5.74) is 1.50. The number of nitrogens with one attached hydrogen (secondary N) is 2. The molecule has 10 nitrogen and oxygen atoms in total. The van der Waals surface area contributed by atoms with Crippen LogP contribution in [0.25, 0.3) is 11.0 Å². The van der Waals surface area contributed by atoms with E-state index in [2.05, 4.69) is 20.9 Å². The molecule has 10 heteroatoms. The van der Waals surface area contributed by atoms with E-state index in [4.69, 9.17) is 0 Å². The maximum Gasteiger partial charge on any atom is 0.244 e. The van der Waals surface area contributed by atoms with Gasteiger partial charge < -0.3 is 20.6 Å². The van der Waals surface area contributed by atoms with E-state index < -0.39 is 29.8 Å². The molecule has 4 rings (SSSR count). The lowest BCUT2D eigenvalue weighted by Crippen LogP contribution is -2.54. The first kappa shape index (κ1) is 25.8. The van der Waals surface area contributed by atoms with Gasteiger partial charge in [-0.1, -0.05) is 56.7 Å². The van der Waals surface area contributed by atoms with Crippen LogP contribution >= 0.6 is 0 Å². The number of likely N-dealkylation sites (tertiary alicyclic amines) is 1. The summed E-state index contributed by atoms with van der Waals surface area (Å²) in [6, 6.07) is 6.08. The van der Waals surface area contributed by atoms with Gasteiger partial charge in [0.2, 0.25) is 17.7 Å². The van der Waals surface area contributed by atoms with Crippen molar-refractivity contribution in [2.24, 2.45) is 29.6 Å². The van der Waals surface area contributed by atoms with E-state index in [1.54, 1.807) is 16.6 Å². The number of allylic oxidation sites excluding steroid dienone is 1. The fourth-order valence-electron chi connectivity index (χ4n) is 5.82. The van der Waals surface area contributed by atoms with E-state index in [1.165, 1.54) is 0 Å². The van der Waals surface area contributed by atoms with E-state index in [9.17, 15) is 19.5 Å². The van der Waals surface area contributed by atoms with Gasteiger partial charge in [-0.3, -0.25) is 14.4 Å². The number of benzene rings is 1. The number of carbonyl (C=O) groups excluding carboxylic acids is 3. The molecule has 36 heavy (non-hydrogen) atoms. The Hall–Kier alpha value is -3.27. The third-order valence-corrected chi connectivity index (χ3v) is 8.00. The zero-order valence-electron chi connectivity index (χ0n) is 21.3. The zero-order valence-corrected chi connectivity index (χ0v) is 21.3. The first-order valence-corrected chi connectivity index (χ1v) is 12.8. The van der Waals surface area contributed by atoms with Crippen molar-refractivity contribution in [2.75, 3.05) is 13.7 Å². The summed E-state index contributed by atoms with van der Waals surface area (Å²) < 4.78 is 1.60. The van der Waals surface area contributed by atoms with Gasteiger partial charge in [-0.2, -0.15) is 0 Å². The lowest BCUT2D eigenvalue weighted by molar-refractivity contribution is -0.144. The number of rotatable bonds is 9.